The molecule has 0 aliphatic carbocycles. The molecule has 8 heteroatoms. The first-order valence-corrected chi connectivity index (χ1v) is 8.58. The van der Waals surface area contributed by atoms with Crippen molar-refractivity contribution < 1.29 is 19.8 Å². The zero-order chi connectivity index (χ0) is 18.7. The molecule has 2 N–H and O–H groups in total. The molecular weight excluding hydrogens is 354 g/mol. The van der Waals surface area contributed by atoms with Crippen LogP contribution in [0.1, 0.15) is 23.0 Å². The van der Waals surface area contributed by atoms with E-state index in [0.717, 1.165) is 0 Å². The van der Waals surface area contributed by atoms with Crippen LogP contribution >= 0.6 is 11.8 Å². The normalized spacial score (nSPS) is 17.3. The number of pyridine rings is 1. The maximum Gasteiger partial charge on any atom is 0.339 e. The van der Waals surface area contributed by atoms with Crippen LogP contribution in [0.3, 0.4) is 0 Å². The summed E-state index contributed by atoms with van der Waals surface area (Å²) in [5, 5.41) is 19.2. The number of carboxylic acid groups (broad SMARTS) is 1. The maximum atomic E-state index is 12.6. The Morgan fingerprint density at radius 1 is 1.35 bits per heavy atom. The highest BCUT2D eigenvalue weighted by Crippen LogP contribution is 2.34. The van der Waals surface area contributed by atoms with Crippen LogP contribution in [0.5, 0.6) is 5.75 Å². The summed E-state index contributed by atoms with van der Waals surface area (Å²) in [5.74, 6) is -1.77. The van der Waals surface area contributed by atoms with Gasteiger partial charge in [-0.15, -0.1) is 0 Å². The Kier molecular flexibility index (Phi) is 5.04. The Bertz CT molecular complexity index is 925. The summed E-state index contributed by atoms with van der Waals surface area (Å²) in [6, 6.07) is 9.45. The van der Waals surface area contributed by atoms with Crippen LogP contribution in [0.25, 0.3) is 6.08 Å². The summed E-state index contributed by atoms with van der Waals surface area (Å²) in [7, 11) is 0. The molecule has 1 fully saturated rings. The summed E-state index contributed by atoms with van der Waals surface area (Å²) in [5.41, 5.74) is 0.830. The first-order chi connectivity index (χ1) is 12.5. The number of aliphatic imine (C=N–C) groups is 1. The number of nitrogens with zero attached hydrogens (tertiary/aromatic N) is 3. The molecule has 0 atom stereocenters. The number of benzene rings is 1. The number of rotatable bonds is 4. The van der Waals surface area contributed by atoms with E-state index in [4.69, 9.17) is 5.11 Å². The van der Waals surface area contributed by atoms with Crippen LogP contribution in [0, 0.1) is 0 Å². The number of amidine groups is 1. The minimum atomic E-state index is -1.22. The average Bonchev–Trinajstić information content (AvgIpc) is 2.90. The highest BCUT2D eigenvalue weighted by Gasteiger charge is 2.32. The molecule has 2 aromatic rings. The predicted molar refractivity (Wildman–Crippen MR) is 99.4 cm³/mol. The number of amides is 1. The van der Waals surface area contributed by atoms with Crippen molar-refractivity contribution in [3.63, 3.8) is 0 Å². The number of carboxylic acids is 1. The van der Waals surface area contributed by atoms with Crippen molar-refractivity contribution in [2.24, 2.45) is 4.99 Å². The number of carbonyl (C=O) groups is 2. The zero-order valence-corrected chi connectivity index (χ0v) is 14.6. The maximum absolute atomic E-state index is 12.6. The van der Waals surface area contributed by atoms with Gasteiger partial charge in [-0.05, 0) is 49.0 Å². The summed E-state index contributed by atoms with van der Waals surface area (Å²) >= 11 is 1.21. The van der Waals surface area contributed by atoms with Crippen LogP contribution in [0.4, 0.5) is 5.69 Å². The summed E-state index contributed by atoms with van der Waals surface area (Å²) in [4.78, 5) is 34.1. The third-order valence-corrected chi connectivity index (χ3v) is 4.61. The Hall–Kier alpha value is -3.13. The van der Waals surface area contributed by atoms with Gasteiger partial charge in [-0.1, -0.05) is 6.07 Å². The number of aromatic hydroxyl groups is 1. The van der Waals surface area contributed by atoms with Crippen molar-refractivity contribution in [1.29, 1.82) is 0 Å². The van der Waals surface area contributed by atoms with Crippen molar-refractivity contribution >= 4 is 40.6 Å². The van der Waals surface area contributed by atoms with Gasteiger partial charge in [0, 0.05) is 18.8 Å². The van der Waals surface area contributed by atoms with Gasteiger partial charge in [-0.2, -0.15) is 0 Å². The second kappa shape index (κ2) is 7.40. The SMILES string of the molecule is CCN1C(=O)/C(=C/c2ccccn2)SC1=Nc1ccc(C(=O)O)c(O)c1. The van der Waals surface area contributed by atoms with Gasteiger partial charge in [0.15, 0.2) is 5.17 Å². The van der Waals surface area contributed by atoms with E-state index in [1.54, 1.807) is 24.4 Å². The molecule has 1 amide bonds. The average molecular weight is 369 g/mol. The van der Waals surface area contributed by atoms with Crippen LogP contribution in [0.15, 0.2) is 52.5 Å². The highest BCUT2D eigenvalue weighted by molar-refractivity contribution is 8.18. The van der Waals surface area contributed by atoms with Gasteiger partial charge >= 0.3 is 5.97 Å². The lowest BCUT2D eigenvalue weighted by molar-refractivity contribution is -0.122. The van der Waals surface area contributed by atoms with E-state index in [2.05, 4.69) is 9.98 Å². The van der Waals surface area contributed by atoms with Crippen molar-refractivity contribution in [1.82, 2.24) is 9.88 Å². The molecule has 26 heavy (non-hydrogen) atoms. The number of phenols is 1. The number of likely N-dealkylation sites (N-methyl/N-ethyl adjacent to an activating group) is 1. The van der Waals surface area contributed by atoms with Crippen molar-refractivity contribution in [2.75, 3.05) is 6.54 Å². The standard InChI is InChI=1S/C18H15N3O4S/c1-2-21-16(23)15(10-11-5-3-4-8-19-11)26-18(21)20-12-6-7-13(17(24)25)14(22)9-12/h3-10,22H,2H2,1H3,(H,24,25)/b15-10-,20-18?. The van der Waals surface area contributed by atoms with Gasteiger partial charge < -0.3 is 10.2 Å². The summed E-state index contributed by atoms with van der Waals surface area (Å²) < 4.78 is 0. The topological polar surface area (TPSA) is 103 Å². The fourth-order valence-corrected chi connectivity index (χ4v) is 3.39. The number of carbonyl (C=O) groups excluding carboxylic acids is 1. The minimum absolute atomic E-state index is 0.173. The third-order valence-electron chi connectivity index (χ3n) is 3.61. The van der Waals surface area contributed by atoms with E-state index >= 15 is 0 Å². The third kappa shape index (κ3) is 3.60. The minimum Gasteiger partial charge on any atom is -0.507 e. The molecule has 0 bridgehead atoms. The second-order valence-electron chi connectivity index (χ2n) is 5.32. The van der Waals surface area contributed by atoms with E-state index in [-0.39, 0.29) is 17.2 Å². The quantitative estimate of drug-likeness (QED) is 0.803. The Morgan fingerprint density at radius 3 is 2.77 bits per heavy atom. The molecule has 0 saturated carbocycles. The fourth-order valence-electron chi connectivity index (χ4n) is 2.35. The number of hydrogen-bond acceptors (Lipinski definition) is 6. The molecule has 1 aromatic heterocycles. The summed E-state index contributed by atoms with van der Waals surface area (Å²) in [6.45, 7) is 2.27. The predicted octanol–water partition coefficient (Wildman–Crippen LogP) is 3.11. The molecule has 3 rings (SSSR count). The van der Waals surface area contributed by atoms with Crippen molar-refractivity contribution in [3.05, 3.63) is 58.8 Å². The summed E-state index contributed by atoms with van der Waals surface area (Å²) in [6.07, 6.45) is 3.35. The molecular formula is C18H15N3O4S. The van der Waals surface area contributed by atoms with E-state index in [1.807, 2.05) is 13.0 Å². The van der Waals surface area contributed by atoms with Gasteiger partial charge in [-0.25, -0.2) is 9.79 Å². The molecule has 132 valence electrons. The van der Waals surface area contributed by atoms with Gasteiger partial charge in [0.2, 0.25) is 0 Å². The largest absolute Gasteiger partial charge is 0.507 e. The Balaban J connectivity index is 1.93. The van der Waals surface area contributed by atoms with Gasteiger partial charge in [0.1, 0.15) is 11.3 Å². The van der Waals surface area contributed by atoms with E-state index < -0.39 is 5.97 Å². The van der Waals surface area contributed by atoms with Crippen LogP contribution in [0.2, 0.25) is 0 Å². The smallest absolute Gasteiger partial charge is 0.339 e. The van der Waals surface area contributed by atoms with Crippen molar-refractivity contribution in [3.8, 4) is 5.75 Å². The number of aromatic carboxylic acids is 1. The zero-order valence-electron chi connectivity index (χ0n) is 13.8. The Labute approximate surface area is 153 Å². The molecule has 0 spiro atoms. The lowest BCUT2D eigenvalue weighted by Gasteiger charge is -2.12. The van der Waals surface area contributed by atoms with Crippen LogP contribution in [-0.4, -0.2) is 43.7 Å². The molecule has 1 saturated heterocycles. The molecule has 0 radical (unpaired) electrons. The number of thioether (sulfide) groups is 1. The number of aromatic nitrogens is 1. The lowest BCUT2D eigenvalue weighted by Crippen LogP contribution is -2.28. The fraction of sp³-hybridized carbons (Fsp3) is 0.111. The van der Waals surface area contributed by atoms with E-state index in [9.17, 15) is 14.7 Å². The monoisotopic (exact) mass is 369 g/mol. The first kappa shape index (κ1) is 17.7. The van der Waals surface area contributed by atoms with Gasteiger partial charge in [0.25, 0.3) is 5.91 Å². The van der Waals surface area contributed by atoms with Crippen LogP contribution < -0.4 is 0 Å². The van der Waals surface area contributed by atoms with E-state index in [0.29, 0.717) is 28.0 Å². The van der Waals surface area contributed by atoms with E-state index in [1.165, 1.54) is 34.9 Å². The lowest BCUT2D eigenvalue weighted by atomic mass is 10.2. The molecule has 1 aromatic carbocycles. The highest BCUT2D eigenvalue weighted by atomic mass is 32.2. The van der Waals surface area contributed by atoms with Gasteiger partial charge in [0.05, 0.1) is 16.3 Å². The molecule has 7 nitrogen and oxygen atoms in total. The van der Waals surface area contributed by atoms with Crippen LogP contribution in [-0.2, 0) is 4.79 Å². The number of hydrogen-bond donors (Lipinski definition) is 2. The molecule has 1 aliphatic rings. The van der Waals surface area contributed by atoms with Crippen molar-refractivity contribution in [2.45, 2.75) is 6.92 Å². The second-order valence-corrected chi connectivity index (χ2v) is 6.32. The molecule has 1 aliphatic heterocycles. The first-order valence-electron chi connectivity index (χ1n) is 7.77. The Morgan fingerprint density at radius 2 is 2.15 bits per heavy atom. The molecule has 0 unspecified atom stereocenters. The van der Waals surface area contributed by atoms with Gasteiger partial charge in [-0.3, -0.25) is 14.7 Å². The molecule has 2 heterocycles.